The van der Waals surface area contributed by atoms with Crippen LogP contribution in [0.5, 0.6) is 0 Å². The van der Waals surface area contributed by atoms with Crippen molar-refractivity contribution in [3.8, 4) is 0 Å². The molecule has 1 fully saturated rings. The molecule has 1 N–H and O–H groups in total. The molecule has 2 aromatic heterocycles. The van der Waals surface area contributed by atoms with E-state index in [0.29, 0.717) is 19.1 Å². The van der Waals surface area contributed by atoms with E-state index in [0.717, 1.165) is 39.9 Å². The van der Waals surface area contributed by atoms with Crippen LogP contribution in [0.2, 0.25) is 0 Å². The number of hydrogen-bond donors (Lipinski definition) is 1. The number of anilines is 3. The van der Waals surface area contributed by atoms with E-state index < -0.39 is 5.60 Å². The molecule has 0 saturated carbocycles. The van der Waals surface area contributed by atoms with Crippen LogP contribution in [0, 0.1) is 6.92 Å². The minimum Gasteiger partial charge on any atom is -0.444 e. The van der Waals surface area contributed by atoms with E-state index in [1.807, 2.05) is 52.1 Å². The zero-order valence-electron chi connectivity index (χ0n) is 17.1. The van der Waals surface area contributed by atoms with E-state index in [2.05, 4.69) is 20.2 Å². The van der Waals surface area contributed by atoms with Gasteiger partial charge in [-0.25, -0.2) is 9.78 Å². The highest BCUT2D eigenvalue weighted by Crippen LogP contribution is 2.31. The molecule has 0 spiro atoms. The summed E-state index contributed by atoms with van der Waals surface area (Å²) in [6.07, 6.45) is 1.58. The van der Waals surface area contributed by atoms with Crippen LogP contribution in [-0.2, 0) is 4.74 Å². The highest BCUT2D eigenvalue weighted by atomic mass is 32.1. The number of aromatic nitrogens is 2. The van der Waals surface area contributed by atoms with E-state index in [4.69, 9.17) is 9.15 Å². The van der Waals surface area contributed by atoms with Crippen LogP contribution in [0.3, 0.4) is 0 Å². The molecule has 1 aromatic carbocycles. The lowest BCUT2D eigenvalue weighted by molar-refractivity contribution is 0.0241. The number of hydrogen-bond acceptors (Lipinski definition) is 8. The fraction of sp³-hybridized carbons (Fsp3) is 0.450. The van der Waals surface area contributed by atoms with Crippen molar-refractivity contribution in [2.75, 3.05) is 36.4 Å². The molecule has 4 rings (SSSR count). The number of rotatable bonds is 3. The van der Waals surface area contributed by atoms with Gasteiger partial charge in [0.2, 0.25) is 0 Å². The molecule has 1 aliphatic heterocycles. The molecular formula is C20H25N5O3S. The first kappa shape index (κ1) is 19.5. The molecule has 3 heterocycles. The van der Waals surface area contributed by atoms with Gasteiger partial charge in [-0.2, -0.15) is 4.98 Å². The number of amides is 1. The second kappa shape index (κ2) is 7.55. The molecule has 0 radical (unpaired) electrons. The number of carbonyl (C=O) groups excluding carboxylic acids is 1. The standard InChI is InChI=1S/C20H25N5O3S/c1-13-5-6-14-15(11-13)27-17(22-14)23-18-21-12-16(29-18)24-7-9-25(10-8-24)19(26)28-20(2,3)4/h5-6,11-12H,7-10H2,1-4H3,(H,21,22,23). The Kier molecular flexibility index (Phi) is 5.08. The number of fused-ring (bicyclic) bond motifs is 1. The summed E-state index contributed by atoms with van der Waals surface area (Å²) in [4.78, 5) is 25.1. The summed E-state index contributed by atoms with van der Waals surface area (Å²) in [5, 5.41) is 4.91. The van der Waals surface area contributed by atoms with Crippen LogP contribution >= 0.6 is 11.3 Å². The van der Waals surface area contributed by atoms with Gasteiger partial charge in [0.1, 0.15) is 16.1 Å². The monoisotopic (exact) mass is 415 g/mol. The summed E-state index contributed by atoms with van der Waals surface area (Å²) in [5.41, 5.74) is 2.22. The topological polar surface area (TPSA) is 83.7 Å². The van der Waals surface area contributed by atoms with Crippen LogP contribution in [0.4, 0.5) is 20.9 Å². The fourth-order valence-corrected chi connectivity index (χ4v) is 3.94. The van der Waals surface area contributed by atoms with Gasteiger partial charge < -0.3 is 19.0 Å². The molecule has 1 aliphatic rings. The fourth-order valence-electron chi connectivity index (χ4n) is 3.08. The van der Waals surface area contributed by atoms with E-state index >= 15 is 0 Å². The molecule has 0 unspecified atom stereocenters. The van der Waals surface area contributed by atoms with Gasteiger partial charge in [0, 0.05) is 26.2 Å². The van der Waals surface area contributed by atoms with Crippen LogP contribution in [0.25, 0.3) is 11.1 Å². The lowest BCUT2D eigenvalue weighted by Crippen LogP contribution is -2.49. The second-order valence-corrected chi connectivity index (χ2v) is 9.08. The molecule has 1 saturated heterocycles. The van der Waals surface area contributed by atoms with Crippen molar-refractivity contribution < 1.29 is 13.9 Å². The van der Waals surface area contributed by atoms with Crippen molar-refractivity contribution in [3.05, 3.63) is 30.0 Å². The quantitative estimate of drug-likeness (QED) is 0.679. The number of piperazine rings is 1. The number of aryl methyl sites for hydroxylation is 1. The smallest absolute Gasteiger partial charge is 0.410 e. The van der Waals surface area contributed by atoms with Gasteiger partial charge in [0.25, 0.3) is 0 Å². The number of nitrogens with one attached hydrogen (secondary N) is 1. The maximum absolute atomic E-state index is 12.2. The lowest BCUT2D eigenvalue weighted by Gasteiger charge is -2.35. The van der Waals surface area contributed by atoms with Gasteiger partial charge in [-0.3, -0.25) is 5.32 Å². The first-order chi connectivity index (χ1) is 13.8. The van der Waals surface area contributed by atoms with Crippen molar-refractivity contribution >= 4 is 44.7 Å². The maximum atomic E-state index is 12.2. The summed E-state index contributed by atoms with van der Waals surface area (Å²) < 4.78 is 11.2. The normalized spacial score (nSPS) is 15.0. The Morgan fingerprint density at radius 2 is 2.00 bits per heavy atom. The molecule has 0 bridgehead atoms. The van der Waals surface area contributed by atoms with Gasteiger partial charge in [-0.05, 0) is 45.4 Å². The zero-order chi connectivity index (χ0) is 20.6. The summed E-state index contributed by atoms with van der Waals surface area (Å²) in [6, 6.07) is 6.34. The predicted octanol–water partition coefficient (Wildman–Crippen LogP) is 4.39. The molecule has 9 heteroatoms. The zero-order valence-corrected chi connectivity index (χ0v) is 17.9. The van der Waals surface area contributed by atoms with Crippen molar-refractivity contribution in [3.63, 3.8) is 0 Å². The Morgan fingerprint density at radius 1 is 1.24 bits per heavy atom. The van der Waals surface area contributed by atoms with Crippen molar-refractivity contribution in [2.45, 2.75) is 33.3 Å². The SMILES string of the molecule is Cc1ccc2nc(Nc3ncc(N4CCN(C(=O)OC(C)(C)C)CC4)s3)oc2c1. The minimum absolute atomic E-state index is 0.255. The molecular weight excluding hydrogens is 390 g/mol. The first-order valence-corrected chi connectivity index (χ1v) is 10.4. The lowest BCUT2D eigenvalue weighted by atomic mass is 10.2. The van der Waals surface area contributed by atoms with Gasteiger partial charge in [0.05, 0.1) is 6.20 Å². The summed E-state index contributed by atoms with van der Waals surface area (Å²) >= 11 is 1.54. The van der Waals surface area contributed by atoms with Crippen molar-refractivity contribution in [1.82, 2.24) is 14.9 Å². The third-order valence-corrected chi connectivity index (χ3v) is 5.47. The first-order valence-electron chi connectivity index (χ1n) is 9.60. The maximum Gasteiger partial charge on any atom is 0.410 e. The Balaban J connectivity index is 1.36. The number of thiazole rings is 1. The largest absolute Gasteiger partial charge is 0.444 e. The third kappa shape index (κ3) is 4.61. The molecule has 0 aliphatic carbocycles. The average molecular weight is 416 g/mol. The molecule has 154 valence electrons. The van der Waals surface area contributed by atoms with Gasteiger partial charge in [0.15, 0.2) is 10.7 Å². The Morgan fingerprint density at radius 3 is 2.72 bits per heavy atom. The molecule has 29 heavy (non-hydrogen) atoms. The third-order valence-electron chi connectivity index (χ3n) is 4.49. The van der Waals surface area contributed by atoms with Gasteiger partial charge in [-0.1, -0.05) is 17.4 Å². The van der Waals surface area contributed by atoms with Gasteiger partial charge in [-0.15, -0.1) is 0 Å². The number of benzene rings is 1. The number of nitrogens with zero attached hydrogens (tertiary/aromatic N) is 4. The molecule has 1 amide bonds. The van der Waals surface area contributed by atoms with E-state index in [-0.39, 0.29) is 6.09 Å². The number of oxazole rings is 1. The predicted molar refractivity (Wildman–Crippen MR) is 114 cm³/mol. The van der Waals surface area contributed by atoms with Gasteiger partial charge >= 0.3 is 12.1 Å². The van der Waals surface area contributed by atoms with Crippen LogP contribution < -0.4 is 10.2 Å². The Bertz CT molecular complexity index is 1010. The summed E-state index contributed by atoms with van der Waals surface area (Å²) in [7, 11) is 0. The number of ether oxygens (including phenoxy) is 1. The minimum atomic E-state index is -0.476. The van der Waals surface area contributed by atoms with E-state index in [1.165, 1.54) is 11.3 Å². The highest BCUT2D eigenvalue weighted by Gasteiger charge is 2.26. The molecule has 8 nitrogen and oxygen atoms in total. The average Bonchev–Trinajstić information content (AvgIpc) is 3.27. The molecule has 3 aromatic rings. The highest BCUT2D eigenvalue weighted by molar-refractivity contribution is 7.19. The Labute approximate surface area is 173 Å². The molecule has 0 atom stereocenters. The number of carbonyl (C=O) groups is 1. The van der Waals surface area contributed by atoms with Crippen molar-refractivity contribution in [2.24, 2.45) is 0 Å². The summed E-state index contributed by atoms with van der Waals surface area (Å²) in [6.45, 7) is 10.4. The van der Waals surface area contributed by atoms with E-state index in [9.17, 15) is 4.79 Å². The van der Waals surface area contributed by atoms with Crippen LogP contribution in [0.15, 0.2) is 28.8 Å². The van der Waals surface area contributed by atoms with E-state index in [1.54, 1.807) is 4.90 Å². The van der Waals surface area contributed by atoms with Crippen LogP contribution in [-0.4, -0.2) is 52.7 Å². The Hall–Kier alpha value is -2.81. The second-order valence-electron chi connectivity index (χ2n) is 8.07. The van der Waals surface area contributed by atoms with Crippen molar-refractivity contribution in [1.29, 1.82) is 0 Å². The van der Waals surface area contributed by atoms with Crippen LogP contribution in [0.1, 0.15) is 26.3 Å². The summed E-state index contributed by atoms with van der Waals surface area (Å²) in [5.74, 6) is 0.